The van der Waals surface area contributed by atoms with Gasteiger partial charge in [-0.2, -0.15) is 4.98 Å². The highest BCUT2D eigenvalue weighted by Gasteiger charge is 2.13. The Morgan fingerprint density at radius 3 is 2.39 bits per heavy atom. The van der Waals surface area contributed by atoms with Gasteiger partial charge in [0, 0.05) is 42.5 Å². The smallest absolute Gasteiger partial charge is 0.222 e. The number of furan rings is 1. The molecule has 2 N–H and O–H groups in total. The van der Waals surface area contributed by atoms with Gasteiger partial charge in [0.05, 0.1) is 12.0 Å². The van der Waals surface area contributed by atoms with Crippen molar-refractivity contribution in [2.45, 2.75) is 0 Å². The number of fused-ring (bicyclic) bond motifs is 1. The number of benzene rings is 2. The lowest BCUT2D eigenvalue weighted by molar-refractivity contribution is 0.582. The fraction of sp³-hybridized carbons (Fsp3) is 0.0800. The Labute approximate surface area is 180 Å². The molecular formula is C25H21N5O. The van der Waals surface area contributed by atoms with E-state index in [1.165, 1.54) is 0 Å². The standard InChI is InChI=1S/C25H21N5O/c1-30(2)19-10-8-16(9-11-19)22-14-20(21-15-27-25(26)29-24(21)28-22)17-5-3-6-18(13-17)23-7-4-12-31-23/h3-15H,1-2H3,(H2,26,27,28,29). The fourth-order valence-electron chi connectivity index (χ4n) is 3.62. The average molecular weight is 407 g/mol. The van der Waals surface area contributed by atoms with Crippen molar-refractivity contribution in [3.05, 3.63) is 79.2 Å². The van der Waals surface area contributed by atoms with Crippen molar-refractivity contribution in [3.8, 4) is 33.7 Å². The minimum absolute atomic E-state index is 0.204. The third-order valence-electron chi connectivity index (χ3n) is 5.24. The van der Waals surface area contributed by atoms with Gasteiger partial charge in [-0.3, -0.25) is 0 Å². The molecule has 5 rings (SSSR count). The SMILES string of the molecule is CN(C)c1ccc(-c2cc(-c3cccc(-c4ccco4)c3)c3cnc(N)nc3n2)cc1. The second-order valence-electron chi connectivity index (χ2n) is 7.52. The van der Waals surface area contributed by atoms with Gasteiger partial charge in [-0.25, -0.2) is 9.97 Å². The zero-order valence-corrected chi connectivity index (χ0v) is 17.3. The Balaban J connectivity index is 1.70. The highest BCUT2D eigenvalue weighted by atomic mass is 16.3. The number of anilines is 2. The molecule has 0 aliphatic rings. The quantitative estimate of drug-likeness (QED) is 0.437. The van der Waals surface area contributed by atoms with Crippen LogP contribution in [-0.2, 0) is 0 Å². The van der Waals surface area contributed by atoms with Gasteiger partial charge >= 0.3 is 0 Å². The number of nitrogens with two attached hydrogens (primary N) is 1. The van der Waals surface area contributed by atoms with Crippen LogP contribution in [0.25, 0.3) is 44.7 Å². The Kier molecular flexibility index (Phi) is 4.59. The predicted octanol–water partition coefficient (Wildman–Crippen LogP) is 5.27. The van der Waals surface area contributed by atoms with Crippen molar-refractivity contribution < 1.29 is 4.42 Å². The van der Waals surface area contributed by atoms with Gasteiger partial charge in [0.2, 0.25) is 5.95 Å². The average Bonchev–Trinajstić information content (AvgIpc) is 3.33. The number of hydrogen-bond acceptors (Lipinski definition) is 6. The minimum Gasteiger partial charge on any atom is -0.464 e. The molecule has 0 atom stereocenters. The van der Waals surface area contributed by atoms with Crippen LogP contribution in [-0.4, -0.2) is 29.0 Å². The molecule has 0 fully saturated rings. The van der Waals surface area contributed by atoms with E-state index in [1.54, 1.807) is 12.5 Å². The van der Waals surface area contributed by atoms with Crippen LogP contribution < -0.4 is 10.6 Å². The summed E-state index contributed by atoms with van der Waals surface area (Å²) in [6, 6.07) is 22.4. The van der Waals surface area contributed by atoms with Gasteiger partial charge in [-0.15, -0.1) is 0 Å². The van der Waals surface area contributed by atoms with Crippen LogP contribution >= 0.6 is 0 Å². The molecule has 6 heteroatoms. The number of nitrogens with zero attached hydrogens (tertiary/aromatic N) is 4. The number of rotatable bonds is 4. The second-order valence-corrected chi connectivity index (χ2v) is 7.52. The topological polar surface area (TPSA) is 81.1 Å². The van der Waals surface area contributed by atoms with Gasteiger partial charge in [-0.05, 0) is 47.5 Å². The number of pyridine rings is 1. The van der Waals surface area contributed by atoms with Crippen LogP contribution in [0.3, 0.4) is 0 Å². The largest absolute Gasteiger partial charge is 0.464 e. The van der Waals surface area contributed by atoms with Crippen molar-refractivity contribution in [1.29, 1.82) is 0 Å². The van der Waals surface area contributed by atoms with E-state index in [-0.39, 0.29) is 5.95 Å². The summed E-state index contributed by atoms with van der Waals surface area (Å²) in [5.74, 6) is 1.02. The zero-order valence-electron chi connectivity index (χ0n) is 17.3. The minimum atomic E-state index is 0.204. The maximum absolute atomic E-state index is 5.86. The Bertz CT molecular complexity index is 1360. The summed E-state index contributed by atoms with van der Waals surface area (Å²) in [5.41, 5.74) is 12.4. The van der Waals surface area contributed by atoms with Crippen LogP contribution in [0, 0.1) is 0 Å². The lowest BCUT2D eigenvalue weighted by atomic mass is 9.98. The Morgan fingerprint density at radius 1 is 0.839 bits per heavy atom. The lowest BCUT2D eigenvalue weighted by Crippen LogP contribution is -2.08. The molecule has 0 unspecified atom stereocenters. The molecule has 0 amide bonds. The van der Waals surface area contributed by atoms with Crippen molar-refractivity contribution in [2.75, 3.05) is 24.7 Å². The van der Waals surface area contributed by atoms with Gasteiger partial charge < -0.3 is 15.1 Å². The predicted molar refractivity (Wildman–Crippen MR) is 125 cm³/mol. The third-order valence-corrected chi connectivity index (χ3v) is 5.24. The molecule has 6 nitrogen and oxygen atoms in total. The van der Waals surface area contributed by atoms with Crippen LogP contribution in [0.15, 0.2) is 83.6 Å². The highest BCUT2D eigenvalue weighted by Crippen LogP contribution is 2.34. The summed E-state index contributed by atoms with van der Waals surface area (Å²) in [6.07, 6.45) is 3.41. The highest BCUT2D eigenvalue weighted by molar-refractivity contribution is 5.95. The molecule has 0 spiro atoms. The van der Waals surface area contributed by atoms with E-state index >= 15 is 0 Å². The molecule has 2 aromatic carbocycles. The summed E-state index contributed by atoms with van der Waals surface area (Å²) in [7, 11) is 4.04. The molecule has 0 aliphatic carbocycles. The number of hydrogen-bond donors (Lipinski definition) is 1. The normalized spacial score (nSPS) is 11.0. The molecule has 31 heavy (non-hydrogen) atoms. The summed E-state index contributed by atoms with van der Waals surface area (Å²) in [5, 5.41) is 0.847. The molecule has 0 radical (unpaired) electrons. The molecule has 0 saturated carbocycles. The molecule has 5 aromatic rings. The van der Waals surface area contributed by atoms with Crippen LogP contribution in [0.2, 0.25) is 0 Å². The van der Waals surface area contributed by atoms with Crippen LogP contribution in [0.4, 0.5) is 11.6 Å². The first kappa shape index (κ1) is 18.8. The number of nitrogen functional groups attached to an aromatic ring is 1. The molecule has 3 heterocycles. The summed E-state index contributed by atoms with van der Waals surface area (Å²) in [4.78, 5) is 15.4. The maximum atomic E-state index is 5.86. The lowest BCUT2D eigenvalue weighted by Gasteiger charge is -2.14. The van der Waals surface area contributed by atoms with E-state index in [4.69, 9.17) is 15.1 Å². The number of aromatic nitrogens is 3. The first-order valence-corrected chi connectivity index (χ1v) is 9.94. The van der Waals surface area contributed by atoms with Crippen molar-refractivity contribution in [1.82, 2.24) is 15.0 Å². The van der Waals surface area contributed by atoms with Gasteiger partial charge in [0.25, 0.3) is 0 Å². The van der Waals surface area contributed by atoms with E-state index in [1.807, 2.05) is 38.4 Å². The van der Waals surface area contributed by atoms with Crippen molar-refractivity contribution in [3.63, 3.8) is 0 Å². The van der Waals surface area contributed by atoms with Gasteiger partial charge in [0.15, 0.2) is 5.65 Å². The van der Waals surface area contributed by atoms with E-state index in [0.717, 1.165) is 44.8 Å². The monoisotopic (exact) mass is 407 g/mol. The van der Waals surface area contributed by atoms with Crippen LogP contribution in [0.5, 0.6) is 0 Å². The van der Waals surface area contributed by atoms with Crippen molar-refractivity contribution >= 4 is 22.7 Å². The zero-order chi connectivity index (χ0) is 21.4. The summed E-state index contributed by atoms with van der Waals surface area (Å²) in [6.45, 7) is 0. The molecule has 3 aromatic heterocycles. The maximum Gasteiger partial charge on any atom is 0.222 e. The fourth-order valence-corrected chi connectivity index (χ4v) is 3.62. The molecule has 152 valence electrons. The van der Waals surface area contributed by atoms with Crippen LogP contribution in [0.1, 0.15) is 0 Å². The third kappa shape index (κ3) is 3.59. The Morgan fingerprint density at radius 2 is 1.65 bits per heavy atom. The molecule has 0 saturated heterocycles. The van der Waals surface area contributed by atoms with E-state index in [9.17, 15) is 0 Å². The van der Waals surface area contributed by atoms with E-state index in [2.05, 4.69) is 57.3 Å². The first-order chi connectivity index (χ1) is 15.1. The Hall–Kier alpha value is -4.19. The first-order valence-electron chi connectivity index (χ1n) is 9.94. The summed E-state index contributed by atoms with van der Waals surface area (Å²) >= 11 is 0. The van der Waals surface area contributed by atoms with E-state index < -0.39 is 0 Å². The molecular weight excluding hydrogens is 386 g/mol. The van der Waals surface area contributed by atoms with Crippen molar-refractivity contribution in [2.24, 2.45) is 0 Å². The molecule has 0 aliphatic heterocycles. The van der Waals surface area contributed by atoms with Gasteiger partial charge in [-0.1, -0.05) is 30.3 Å². The molecule has 0 bridgehead atoms. The van der Waals surface area contributed by atoms with E-state index in [0.29, 0.717) is 5.65 Å². The van der Waals surface area contributed by atoms with Gasteiger partial charge in [0.1, 0.15) is 5.76 Å². The second kappa shape index (κ2) is 7.57. The summed E-state index contributed by atoms with van der Waals surface area (Å²) < 4.78 is 5.58.